The molecule has 4 aliphatic rings. The lowest BCUT2D eigenvalue weighted by Crippen LogP contribution is -2.64. The lowest BCUT2D eigenvalue weighted by molar-refractivity contribution is -0.958. The molecular formula is C31H38ClN2O3+. The van der Waals surface area contributed by atoms with Crippen molar-refractivity contribution in [3.05, 3.63) is 82.5 Å². The van der Waals surface area contributed by atoms with E-state index in [0.717, 1.165) is 96.8 Å². The van der Waals surface area contributed by atoms with E-state index in [1.54, 1.807) is 0 Å². The quantitative estimate of drug-likeness (QED) is 0.354. The van der Waals surface area contributed by atoms with Gasteiger partial charge in [0.2, 0.25) is 5.89 Å². The highest BCUT2D eigenvalue weighted by atomic mass is 35.5. The van der Waals surface area contributed by atoms with Gasteiger partial charge in [-0.2, -0.15) is 0 Å². The first-order chi connectivity index (χ1) is 18.0. The lowest BCUT2D eigenvalue weighted by atomic mass is 9.73. The first-order valence-electron chi connectivity index (χ1n) is 14.0. The van der Waals surface area contributed by atoms with Crippen molar-refractivity contribution in [2.45, 2.75) is 70.1 Å². The summed E-state index contributed by atoms with van der Waals surface area (Å²) < 4.78 is 13.9. The third kappa shape index (κ3) is 4.82. The predicted molar refractivity (Wildman–Crippen MR) is 144 cm³/mol. The maximum Gasteiger partial charge on any atom is 0.231 e. The second-order valence-corrected chi connectivity index (χ2v) is 12.0. The number of nitrogens with zero attached hydrogens (tertiary/aromatic N) is 2. The molecule has 4 heterocycles. The molecule has 0 spiro atoms. The highest BCUT2D eigenvalue weighted by Crippen LogP contribution is 2.44. The smallest absolute Gasteiger partial charge is 0.231 e. The molecule has 196 valence electrons. The Bertz CT molecular complexity index is 1210. The van der Waals surface area contributed by atoms with Crippen molar-refractivity contribution in [2.24, 2.45) is 11.8 Å². The Kier molecular flexibility index (Phi) is 6.81. The molecule has 3 saturated heterocycles. The van der Waals surface area contributed by atoms with E-state index in [9.17, 15) is 5.11 Å². The van der Waals surface area contributed by atoms with Gasteiger partial charge in [-0.15, -0.1) is 0 Å². The van der Waals surface area contributed by atoms with E-state index < -0.39 is 5.60 Å². The van der Waals surface area contributed by atoms with Crippen LogP contribution in [0.4, 0.5) is 0 Å². The van der Waals surface area contributed by atoms with Gasteiger partial charge < -0.3 is 18.7 Å². The molecule has 1 aliphatic carbocycles. The maximum atomic E-state index is 12.2. The molecule has 37 heavy (non-hydrogen) atoms. The fourth-order valence-corrected chi connectivity index (χ4v) is 7.20. The van der Waals surface area contributed by atoms with Gasteiger partial charge >= 0.3 is 0 Å². The number of quaternary nitrogens is 1. The van der Waals surface area contributed by atoms with Crippen molar-refractivity contribution in [2.75, 3.05) is 19.6 Å². The van der Waals surface area contributed by atoms with Gasteiger partial charge in [-0.05, 0) is 43.0 Å². The minimum atomic E-state index is -1.19. The van der Waals surface area contributed by atoms with Gasteiger partial charge in [0, 0.05) is 29.7 Å². The van der Waals surface area contributed by atoms with Crippen molar-refractivity contribution in [1.29, 1.82) is 0 Å². The minimum absolute atomic E-state index is 0.118. The van der Waals surface area contributed by atoms with Gasteiger partial charge in [0.1, 0.15) is 18.8 Å². The fourth-order valence-electron chi connectivity index (χ4n) is 7.03. The summed E-state index contributed by atoms with van der Waals surface area (Å²) in [6.07, 6.45) is 9.84. The number of oxazole rings is 1. The first kappa shape index (κ1) is 25.0. The number of aliphatic hydroxyl groups is 1. The zero-order chi connectivity index (χ0) is 25.5. The molecule has 7 rings (SSSR count). The van der Waals surface area contributed by atoms with Crippen molar-refractivity contribution < 1.29 is 18.7 Å². The van der Waals surface area contributed by atoms with Gasteiger partial charge in [0.25, 0.3) is 0 Å². The molecule has 1 N–H and O–H groups in total. The Hall–Kier alpha value is -2.34. The van der Waals surface area contributed by atoms with Crippen LogP contribution < -0.4 is 4.74 Å². The molecule has 5 nitrogen and oxygen atoms in total. The van der Waals surface area contributed by atoms with Crippen LogP contribution in [0.1, 0.15) is 67.7 Å². The third-order valence-electron chi connectivity index (χ3n) is 9.25. The maximum absolute atomic E-state index is 12.2. The van der Waals surface area contributed by atoms with Crippen molar-refractivity contribution in [3.8, 4) is 5.75 Å². The number of aryl methyl sites for hydroxylation is 1. The van der Waals surface area contributed by atoms with Crippen molar-refractivity contribution >= 4 is 11.6 Å². The summed E-state index contributed by atoms with van der Waals surface area (Å²) in [5.41, 5.74) is 0.758. The molecule has 0 amide bonds. The number of fused-ring (bicyclic) bond motifs is 3. The average molecular weight is 522 g/mol. The van der Waals surface area contributed by atoms with E-state index in [1.165, 1.54) is 6.42 Å². The predicted octanol–water partition coefficient (Wildman–Crippen LogP) is 6.64. The van der Waals surface area contributed by atoms with E-state index in [1.807, 2.05) is 61.7 Å². The summed E-state index contributed by atoms with van der Waals surface area (Å²) in [6.45, 7) is 6.00. The fraction of sp³-hybridized carbons (Fsp3) is 0.516. The standard InChI is InChI=1S/C31H38ClN2O3/c1-22-12-13-26(18-28(22)32)36-29-21-34(16-14-23(29)15-17-34)20-27-19-33-30(37-27)31(35,24-8-4-2-5-9-24)25-10-6-3-7-11-25/h2,4-5,8-9,12-13,18-19,23,25,29,35H,3,6-7,10-11,14-17,20-21H2,1H3/q+1/t23?,29?,31-,34?/m0/s1. The number of hydrogen-bond donors (Lipinski definition) is 1. The normalized spacial score (nSPS) is 27.6. The summed E-state index contributed by atoms with van der Waals surface area (Å²) in [5.74, 6) is 2.87. The number of hydrogen-bond acceptors (Lipinski definition) is 4. The second kappa shape index (κ2) is 10.1. The van der Waals surface area contributed by atoms with Crippen LogP contribution in [0.2, 0.25) is 5.02 Å². The monoisotopic (exact) mass is 521 g/mol. The van der Waals surface area contributed by atoms with Gasteiger partial charge in [0.05, 0.1) is 19.3 Å². The summed E-state index contributed by atoms with van der Waals surface area (Å²) in [7, 11) is 0. The molecule has 2 bridgehead atoms. The first-order valence-corrected chi connectivity index (χ1v) is 14.3. The van der Waals surface area contributed by atoms with Crippen LogP contribution in [0.5, 0.6) is 5.75 Å². The average Bonchev–Trinajstić information content (AvgIpc) is 3.40. The van der Waals surface area contributed by atoms with Crippen LogP contribution >= 0.6 is 11.6 Å². The molecule has 2 aromatic carbocycles. The second-order valence-electron chi connectivity index (χ2n) is 11.6. The molecule has 6 heteroatoms. The highest BCUT2D eigenvalue weighted by molar-refractivity contribution is 6.31. The van der Waals surface area contributed by atoms with Gasteiger partial charge in [0.15, 0.2) is 17.5 Å². The third-order valence-corrected chi connectivity index (χ3v) is 9.66. The molecule has 4 fully saturated rings. The van der Waals surface area contributed by atoms with Crippen LogP contribution in [0, 0.1) is 18.8 Å². The Morgan fingerprint density at radius 2 is 1.81 bits per heavy atom. The number of rotatable bonds is 7. The van der Waals surface area contributed by atoms with Crippen LogP contribution in [0.25, 0.3) is 0 Å². The zero-order valence-electron chi connectivity index (χ0n) is 21.7. The Morgan fingerprint density at radius 3 is 2.54 bits per heavy atom. The molecular weight excluding hydrogens is 484 g/mol. The van der Waals surface area contributed by atoms with Crippen LogP contribution in [-0.4, -0.2) is 40.3 Å². The van der Waals surface area contributed by atoms with Crippen LogP contribution in [-0.2, 0) is 12.1 Å². The SMILES string of the molecule is Cc1ccc(OC2C[N+]3(Cc4cnc([C@](O)(c5ccccc5)C5CCCCC5)o4)CCC2CC3)cc1Cl. The van der Waals surface area contributed by atoms with E-state index in [0.29, 0.717) is 11.8 Å². The number of benzene rings is 2. The number of piperidine rings is 3. The molecule has 3 aromatic rings. The molecule has 1 aromatic heterocycles. The lowest BCUT2D eigenvalue weighted by Gasteiger charge is -2.51. The van der Waals surface area contributed by atoms with Gasteiger partial charge in [-0.1, -0.05) is 67.3 Å². The summed E-state index contributed by atoms with van der Waals surface area (Å²) in [4.78, 5) is 4.72. The summed E-state index contributed by atoms with van der Waals surface area (Å²) in [6, 6.07) is 16.0. The molecule has 1 saturated carbocycles. The zero-order valence-corrected chi connectivity index (χ0v) is 22.5. The Labute approximate surface area is 225 Å². The van der Waals surface area contributed by atoms with Crippen LogP contribution in [0.15, 0.2) is 59.1 Å². The Balaban J connectivity index is 1.23. The minimum Gasteiger partial charge on any atom is -0.484 e. The molecule has 0 radical (unpaired) electrons. The van der Waals surface area contributed by atoms with E-state index in [2.05, 4.69) is 0 Å². The van der Waals surface area contributed by atoms with E-state index in [4.69, 9.17) is 25.7 Å². The highest BCUT2D eigenvalue weighted by Gasteiger charge is 2.49. The summed E-state index contributed by atoms with van der Waals surface area (Å²) in [5, 5.41) is 12.9. The topological polar surface area (TPSA) is 55.5 Å². The molecule has 1 unspecified atom stereocenters. The van der Waals surface area contributed by atoms with Crippen LogP contribution in [0.3, 0.4) is 0 Å². The largest absolute Gasteiger partial charge is 0.484 e. The van der Waals surface area contributed by atoms with Gasteiger partial charge in [-0.3, -0.25) is 0 Å². The number of halogens is 1. The molecule has 2 atom stereocenters. The summed E-state index contributed by atoms with van der Waals surface area (Å²) >= 11 is 6.36. The van der Waals surface area contributed by atoms with E-state index in [-0.39, 0.29) is 12.0 Å². The molecule has 3 aliphatic heterocycles. The van der Waals surface area contributed by atoms with E-state index >= 15 is 0 Å². The van der Waals surface area contributed by atoms with Crippen molar-refractivity contribution in [1.82, 2.24) is 4.98 Å². The number of aromatic nitrogens is 1. The number of ether oxygens (including phenoxy) is 1. The Morgan fingerprint density at radius 1 is 1.05 bits per heavy atom. The van der Waals surface area contributed by atoms with Crippen molar-refractivity contribution in [3.63, 3.8) is 0 Å². The van der Waals surface area contributed by atoms with Gasteiger partial charge in [-0.25, -0.2) is 4.98 Å².